The predicted molar refractivity (Wildman–Crippen MR) is 60.5 cm³/mol. The van der Waals surface area contributed by atoms with Crippen LogP contribution in [-0.2, 0) is 21.8 Å². The number of aryl methyl sites for hydroxylation is 1. The molecule has 0 aliphatic carbocycles. The maximum atomic E-state index is 11.8. The summed E-state index contributed by atoms with van der Waals surface area (Å²) in [6.07, 6.45) is 4.82. The van der Waals surface area contributed by atoms with Crippen LogP contribution in [0.3, 0.4) is 0 Å². The minimum absolute atomic E-state index is 0.0894. The van der Waals surface area contributed by atoms with Crippen molar-refractivity contribution in [3.05, 3.63) is 12.4 Å². The molecule has 0 amide bonds. The molecule has 96 valence electrons. The summed E-state index contributed by atoms with van der Waals surface area (Å²) < 4.78 is 30.3. The molecule has 0 spiro atoms. The third-order valence-corrected chi connectivity index (χ3v) is 3.80. The van der Waals surface area contributed by atoms with E-state index in [2.05, 4.69) is 15.4 Å². The molecule has 0 unspecified atom stereocenters. The van der Waals surface area contributed by atoms with Crippen molar-refractivity contribution in [2.45, 2.75) is 23.8 Å². The molecule has 1 saturated heterocycles. The van der Waals surface area contributed by atoms with Crippen LogP contribution in [-0.4, -0.2) is 37.5 Å². The Morgan fingerprint density at radius 2 is 2.47 bits per heavy atom. The van der Waals surface area contributed by atoms with Gasteiger partial charge in [-0.3, -0.25) is 4.68 Å². The Kier molecular flexibility index (Phi) is 3.77. The Balaban J connectivity index is 1.85. The van der Waals surface area contributed by atoms with E-state index in [4.69, 9.17) is 4.74 Å². The highest BCUT2D eigenvalue weighted by Gasteiger charge is 2.18. The molecule has 1 aromatic rings. The van der Waals surface area contributed by atoms with Gasteiger partial charge in [-0.2, -0.15) is 5.10 Å². The van der Waals surface area contributed by atoms with Gasteiger partial charge in [-0.25, -0.2) is 13.8 Å². The summed E-state index contributed by atoms with van der Waals surface area (Å²) in [5.41, 5.74) is 2.68. The van der Waals surface area contributed by atoms with E-state index < -0.39 is 10.0 Å². The highest BCUT2D eigenvalue weighted by molar-refractivity contribution is 7.89. The van der Waals surface area contributed by atoms with E-state index in [1.807, 2.05) is 0 Å². The molecular formula is C9H16N4O3S. The fraction of sp³-hybridized carbons (Fsp3) is 0.667. The summed E-state index contributed by atoms with van der Waals surface area (Å²) in [5.74, 6) is 0. The molecule has 2 N–H and O–H groups in total. The van der Waals surface area contributed by atoms with Crippen LogP contribution >= 0.6 is 0 Å². The summed E-state index contributed by atoms with van der Waals surface area (Å²) in [5, 5.41) is 3.81. The van der Waals surface area contributed by atoms with Gasteiger partial charge in [0.15, 0.2) is 0 Å². The summed E-state index contributed by atoms with van der Waals surface area (Å²) in [6.45, 7) is 1.22. The van der Waals surface area contributed by atoms with Gasteiger partial charge >= 0.3 is 0 Å². The Morgan fingerprint density at radius 1 is 1.65 bits per heavy atom. The molecule has 1 fully saturated rings. The van der Waals surface area contributed by atoms with Gasteiger partial charge in [-0.15, -0.1) is 4.83 Å². The number of nitrogens with zero attached hydrogens (tertiary/aromatic N) is 2. The van der Waals surface area contributed by atoms with Crippen molar-refractivity contribution in [1.29, 1.82) is 0 Å². The van der Waals surface area contributed by atoms with E-state index in [1.165, 1.54) is 17.1 Å². The zero-order chi connectivity index (χ0) is 12.3. The number of hydrazine groups is 1. The topological polar surface area (TPSA) is 85.2 Å². The Bertz CT molecular complexity index is 464. The van der Waals surface area contributed by atoms with Gasteiger partial charge in [0.25, 0.3) is 10.0 Å². The molecule has 2 rings (SSSR count). The number of sulfonamides is 1. The average Bonchev–Trinajstić information content (AvgIpc) is 2.89. The fourth-order valence-electron chi connectivity index (χ4n) is 1.65. The number of hydrogen-bond acceptors (Lipinski definition) is 5. The molecule has 1 aromatic heterocycles. The maximum Gasteiger partial charge on any atom is 0.256 e. The second-order valence-electron chi connectivity index (χ2n) is 3.97. The quantitative estimate of drug-likeness (QED) is 0.689. The Morgan fingerprint density at radius 3 is 3.06 bits per heavy atom. The third kappa shape index (κ3) is 3.25. The summed E-state index contributed by atoms with van der Waals surface area (Å²) in [6, 6.07) is 0. The van der Waals surface area contributed by atoms with E-state index in [1.54, 1.807) is 7.05 Å². The molecule has 1 aliphatic heterocycles. The molecule has 0 aromatic carbocycles. The predicted octanol–water partition coefficient (Wildman–Crippen LogP) is -0.618. The minimum Gasteiger partial charge on any atom is -0.377 e. The number of aromatic nitrogens is 2. The van der Waals surface area contributed by atoms with Gasteiger partial charge in [0, 0.05) is 26.4 Å². The van der Waals surface area contributed by atoms with Crippen molar-refractivity contribution in [2.24, 2.45) is 7.05 Å². The Labute approximate surface area is 100 Å². The van der Waals surface area contributed by atoms with E-state index in [0.717, 1.165) is 19.4 Å². The van der Waals surface area contributed by atoms with Crippen LogP contribution in [0.15, 0.2) is 17.3 Å². The minimum atomic E-state index is -3.53. The average molecular weight is 260 g/mol. The lowest BCUT2D eigenvalue weighted by Crippen LogP contribution is -2.41. The highest BCUT2D eigenvalue weighted by Crippen LogP contribution is 2.10. The highest BCUT2D eigenvalue weighted by atomic mass is 32.2. The van der Waals surface area contributed by atoms with Crippen molar-refractivity contribution in [1.82, 2.24) is 20.0 Å². The van der Waals surface area contributed by atoms with E-state index in [0.29, 0.717) is 6.54 Å². The van der Waals surface area contributed by atoms with Crippen LogP contribution in [0.1, 0.15) is 12.8 Å². The molecule has 1 aliphatic rings. The van der Waals surface area contributed by atoms with Gasteiger partial charge in [-0.1, -0.05) is 0 Å². The third-order valence-electron chi connectivity index (χ3n) is 2.55. The molecule has 17 heavy (non-hydrogen) atoms. The normalized spacial score (nSPS) is 20.9. The van der Waals surface area contributed by atoms with Gasteiger partial charge in [-0.05, 0) is 12.8 Å². The number of nitrogens with one attached hydrogen (secondary N) is 2. The number of hydrogen-bond donors (Lipinski definition) is 2. The summed E-state index contributed by atoms with van der Waals surface area (Å²) in [7, 11) is -1.87. The zero-order valence-corrected chi connectivity index (χ0v) is 10.4. The van der Waals surface area contributed by atoms with Gasteiger partial charge in [0.05, 0.1) is 12.3 Å². The van der Waals surface area contributed by atoms with E-state index in [-0.39, 0.29) is 11.0 Å². The van der Waals surface area contributed by atoms with Crippen molar-refractivity contribution in [3.8, 4) is 0 Å². The van der Waals surface area contributed by atoms with Gasteiger partial charge < -0.3 is 4.74 Å². The molecule has 0 bridgehead atoms. The first-order valence-electron chi connectivity index (χ1n) is 5.43. The van der Waals surface area contributed by atoms with Crippen molar-refractivity contribution < 1.29 is 13.2 Å². The first-order valence-corrected chi connectivity index (χ1v) is 6.91. The molecule has 1 atom stereocenters. The SMILES string of the molecule is Cn1cc(S(=O)(=O)NNC[C@@H]2CCCO2)cn1. The first-order chi connectivity index (χ1) is 8.08. The van der Waals surface area contributed by atoms with Gasteiger partial charge in [0.1, 0.15) is 4.90 Å². The molecule has 0 radical (unpaired) electrons. The fourth-order valence-corrected chi connectivity index (χ4v) is 2.52. The Hall–Kier alpha value is -0.960. The monoisotopic (exact) mass is 260 g/mol. The van der Waals surface area contributed by atoms with Crippen molar-refractivity contribution in [2.75, 3.05) is 13.2 Å². The molecule has 7 nitrogen and oxygen atoms in total. The maximum absolute atomic E-state index is 11.8. The number of ether oxygens (including phenoxy) is 1. The standard InChI is InChI=1S/C9H16N4O3S/c1-13-7-9(6-11-13)17(14,15)12-10-5-8-3-2-4-16-8/h6-8,10,12H,2-5H2,1H3/t8-/m0/s1. The largest absolute Gasteiger partial charge is 0.377 e. The van der Waals surface area contributed by atoms with Crippen LogP contribution in [0.2, 0.25) is 0 Å². The van der Waals surface area contributed by atoms with Crippen LogP contribution in [0.4, 0.5) is 0 Å². The lowest BCUT2D eigenvalue weighted by atomic mass is 10.2. The smallest absolute Gasteiger partial charge is 0.256 e. The van der Waals surface area contributed by atoms with Gasteiger partial charge in [0.2, 0.25) is 0 Å². The van der Waals surface area contributed by atoms with E-state index >= 15 is 0 Å². The lowest BCUT2D eigenvalue weighted by Gasteiger charge is -2.11. The van der Waals surface area contributed by atoms with Crippen molar-refractivity contribution >= 4 is 10.0 Å². The van der Waals surface area contributed by atoms with E-state index in [9.17, 15) is 8.42 Å². The van der Waals surface area contributed by atoms with Crippen LogP contribution in [0.25, 0.3) is 0 Å². The second-order valence-corrected chi connectivity index (χ2v) is 5.65. The zero-order valence-electron chi connectivity index (χ0n) is 9.59. The lowest BCUT2D eigenvalue weighted by molar-refractivity contribution is 0.109. The molecule has 2 heterocycles. The van der Waals surface area contributed by atoms with Crippen LogP contribution < -0.4 is 10.3 Å². The summed E-state index contributed by atoms with van der Waals surface area (Å²) in [4.78, 5) is 2.44. The second kappa shape index (κ2) is 5.13. The number of rotatable bonds is 5. The van der Waals surface area contributed by atoms with Crippen LogP contribution in [0, 0.1) is 0 Å². The molecular weight excluding hydrogens is 244 g/mol. The van der Waals surface area contributed by atoms with Crippen molar-refractivity contribution in [3.63, 3.8) is 0 Å². The molecule has 8 heteroatoms. The van der Waals surface area contributed by atoms with Crippen LogP contribution in [0.5, 0.6) is 0 Å². The first kappa shape index (κ1) is 12.5. The molecule has 0 saturated carbocycles. The summed E-state index contributed by atoms with van der Waals surface area (Å²) >= 11 is 0.